The Bertz CT molecular complexity index is 496. The van der Waals surface area contributed by atoms with Crippen molar-refractivity contribution < 1.29 is 9.84 Å². The van der Waals surface area contributed by atoms with Crippen molar-refractivity contribution in [3.63, 3.8) is 0 Å². The van der Waals surface area contributed by atoms with E-state index >= 15 is 0 Å². The molecule has 0 aromatic heterocycles. The summed E-state index contributed by atoms with van der Waals surface area (Å²) in [5, 5.41) is 10.9. The number of rotatable bonds is 5. The molecule has 0 radical (unpaired) electrons. The summed E-state index contributed by atoms with van der Waals surface area (Å²) in [6.45, 7) is 5.63. The lowest BCUT2D eigenvalue weighted by Gasteiger charge is -2.39. The summed E-state index contributed by atoms with van der Waals surface area (Å²) in [6.07, 6.45) is 4.32. The van der Waals surface area contributed by atoms with E-state index in [1.807, 2.05) is 12.1 Å². The van der Waals surface area contributed by atoms with Gasteiger partial charge in [-0.25, -0.2) is 0 Å². The molecule has 3 nitrogen and oxygen atoms in total. The Labute approximate surface area is 127 Å². The average molecular weight is 289 g/mol. The van der Waals surface area contributed by atoms with Gasteiger partial charge in [-0.15, -0.1) is 0 Å². The Kier molecular flexibility index (Phi) is 4.23. The van der Waals surface area contributed by atoms with E-state index in [0.717, 1.165) is 30.7 Å². The highest BCUT2D eigenvalue weighted by molar-refractivity contribution is 5.39. The molecule has 2 aliphatic rings. The smallest absolute Gasteiger partial charge is 0.119 e. The van der Waals surface area contributed by atoms with Gasteiger partial charge >= 0.3 is 0 Å². The summed E-state index contributed by atoms with van der Waals surface area (Å²) in [5.41, 5.74) is 2.35. The van der Waals surface area contributed by atoms with Crippen LogP contribution >= 0.6 is 0 Å². The Morgan fingerprint density at radius 1 is 1.29 bits per heavy atom. The fourth-order valence-electron chi connectivity index (χ4n) is 3.61. The number of nitrogens with zero attached hydrogens (tertiary/aromatic N) is 1. The molecular weight excluding hydrogens is 262 g/mol. The minimum Gasteiger partial charge on any atom is -0.497 e. The third-order valence-corrected chi connectivity index (χ3v) is 4.76. The minimum absolute atomic E-state index is 0.279. The molecule has 3 rings (SSSR count). The summed E-state index contributed by atoms with van der Waals surface area (Å²) >= 11 is 0. The second-order valence-corrected chi connectivity index (χ2v) is 6.94. The third kappa shape index (κ3) is 3.09. The fraction of sp³-hybridized carbons (Fsp3) is 0.667. The number of benzene rings is 1. The second-order valence-electron chi connectivity index (χ2n) is 6.94. The number of hydrogen-bond donors (Lipinski definition) is 1. The molecule has 1 fully saturated rings. The summed E-state index contributed by atoms with van der Waals surface area (Å²) in [4.78, 5) is 2.57. The molecule has 0 saturated heterocycles. The van der Waals surface area contributed by atoms with Crippen LogP contribution in [-0.2, 0) is 6.42 Å². The zero-order chi connectivity index (χ0) is 15.0. The molecule has 1 aromatic carbocycles. The maximum absolute atomic E-state index is 10.9. The lowest BCUT2D eigenvalue weighted by molar-refractivity contribution is 0.0249. The van der Waals surface area contributed by atoms with E-state index in [0.29, 0.717) is 12.0 Å². The van der Waals surface area contributed by atoms with E-state index in [1.165, 1.54) is 18.4 Å². The molecular formula is C18H27NO2. The van der Waals surface area contributed by atoms with Crippen molar-refractivity contribution in [2.45, 2.75) is 57.7 Å². The van der Waals surface area contributed by atoms with Crippen LogP contribution in [0.5, 0.6) is 5.75 Å². The van der Waals surface area contributed by atoms with Crippen LogP contribution in [0, 0.1) is 5.92 Å². The average Bonchev–Trinajstić information content (AvgIpc) is 3.29. The zero-order valence-corrected chi connectivity index (χ0v) is 13.4. The van der Waals surface area contributed by atoms with Gasteiger partial charge in [0.1, 0.15) is 5.75 Å². The lowest BCUT2D eigenvalue weighted by atomic mass is 9.84. The number of ether oxygens (including phenoxy) is 1. The molecule has 1 saturated carbocycles. The van der Waals surface area contributed by atoms with Gasteiger partial charge in [-0.1, -0.05) is 19.9 Å². The largest absolute Gasteiger partial charge is 0.497 e. The lowest BCUT2D eigenvalue weighted by Crippen LogP contribution is -2.45. The van der Waals surface area contributed by atoms with E-state index < -0.39 is 0 Å². The van der Waals surface area contributed by atoms with Crippen LogP contribution in [0.25, 0.3) is 0 Å². The number of aliphatic hydroxyl groups is 1. The van der Waals surface area contributed by atoms with Gasteiger partial charge in [-0.3, -0.25) is 4.90 Å². The molecule has 1 aromatic rings. The molecule has 2 atom stereocenters. The van der Waals surface area contributed by atoms with Crippen LogP contribution in [0.4, 0.5) is 0 Å². The predicted molar refractivity (Wildman–Crippen MR) is 84.6 cm³/mol. The summed E-state index contributed by atoms with van der Waals surface area (Å²) in [5.74, 6) is 1.54. The van der Waals surface area contributed by atoms with Gasteiger partial charge in [0.05, 0.1) is 13.2 Å². The number of aryl methyl sites for hydroxylation is 1. The fourth-order valence-corrected chi connectivity index (χ4v) is 3.61. The Hall–Kier alpha value is -1.06. The highest BCUT2D eigenvalue weighted by Gasteiger charge is 2.39. The number of aliphatic hydroxyl groups excluding tert-OH is 1. The first-order valence-electron chi connectivity index (χ1n) is 8.20. The first-order valence-corrected chi connectivity index (χ1v) is 8.20. The SMILES string of the molecule is COc1ccc2c(c1)CCC(N(CC(C)C)C1CC1)C2O. The van der Waals surface area contributed by atoms with Crippen molar-refractivity contribution in [1.29, 1.82) is 0 Å². The topological polar surface area (TPSA) is 32.7 Å². The van der Waals surface area contributed by atoms with Crippen LogP contribution in [0.3, 0.4) is 0 Å². The van der Waals surface area contributed by atoms with Crippen LogP contribution < -0.4 is 4.74 Å². The second kappa shape index (κ2) is 5.98. The van der Waals surface area contributed by atoms with Gasteiger partial charge in [0.25, 0.3) is 0 Å². The van der Waals surface area contributed by atoms with Gasteiger partial charge in [-0.05, 0) is 54.9 Å². The van der Waals surface area contributed by atoms with Gasteiger partial charge in [0.2, 0.25) is 0 Å². The maximum Gasteiger partial charge on any atom is 0.119 e. The standard InChI is InChI=1S/C18H27NO2/c1-12(2)11-19(14-5-6-14)17-9-4-13-10-15(21-3)7-8-16(13)18(17)20/h7-8,10,12,14,17-18,20H,4-6,9,11H2,1-3H3. The first-order chi connectivity index (χ1) is 10.1. The van der Waals surface area contributed by atoms with Crippen molar-refractivity contribution in [3.05, 3.63) is 29.3 Å². The summed E-state index contributed by atoms with van der Waals surface area (Å²) < 4.78 is 5.30. The van der Waals surface area contributed by atoms with E-state index in [-0.39, 0.29) is 12.1 Å². The van der Waals surface area contributed by atoms with E-state index in [9.17, 15) is 5.11 Å². The molecule has 116 valence electrons. The van der Waals surface area contributed by atoms with Gasteiger partial charge < -0.3 is 9.84 Å². The zero-order valence-electron chi connectivity index (χ0n) is 13.4. The number of hydrogen-bond acceptors (Lipinski definition) is 3. The first kappa shape index (κ1) is 14.9. The van der Waals surface area contributed by atoms with E-state index in [1.54, 1.807) is 7.11 Å². The molecule has 0 amide bonds. The van der Waals surface area contributed by atoms with Crippen LogP contribution in [0.2, 0.25) is 0 Å². The van der Waals surface area contributed by atoms with Crippen molar-refractivity contribution in [2.24, 2.45) is 5.92 Å². The van der Waals surface area contributed by atoms with Crippen molar-refractivity contribution >= 4 is 0 Å². The molecule has 0 bridgehead atoms. The maximum atomic E-state index is 10.9. The molecule has 1 N–H and O–H groups in total. The van der Waals surface area contributed by atoms with Crippen LogP contribution in [0.15, 0.2) is 18.2 Å². The molecule has 21 heavy (non-hydrogen) atoms. The van der Waals surface area contributed by atoms with Gasteiger partial charge in [0, 0.05) is 18.6 Å². The monoisotopic (exact) mass is 289 g/mol. The van der Waals surface area contributed by atoms with Crippen molar-refractivity contribution in [1.82, 2.24) is 4.90 Å². The quantitative estimate of drug-likeness (QED) is 0.904. The van der Waals surface area contributed by atoms with Crippen molar-refractivity contribution in [2.75, 3.05) is 13.7 Å². The van der Waals surface area contributed by atoms with Gasteiger partial charge in [-0.2, -0.15) is 0 Å². The summed E-state index contributed by atoms with van der Waals surface area (Å²) in [7, 11) is 1.70. The number of fused-ring (bicyclic) bond motifs is 1. The van der Waals surface area contributed by atoms with E-state index in [2.05, 4.69) is 24.8 Å². The highest BCUT2D eigenvalue weighted by Crippen LogP contribution is 2.39. The van der Waals surface area contributed by atoms with Gasteiger partial charge in [0.15, 0.2) is 0 Å². The molecule has 0 aliphatic heterocycles. The minimum atomic E-state index is -0.362. The van der Waals surface area contributed by atoms with Crippen LogP contribution in [-0.4, -0.2) is 35.7 Å². The Morgan fingerprint density at radius 3 is 2.67 bits per heavy atom. The molecule has 0 spiro atoms. The van der Waals surface area contributed by atoms with Crippen molar-refractivity contribution in [3.8, 4) is 5.75 Å². The third-order valence-electron chi connectivity index (χ3n) is 4.76. The molecule has 0 heterocycles. The predicted octanol–water partition coefficient (Wildman–Crippen LogP) is 3.16. The Morgan fingerprint density at radius 2 is 2.05 bits per heavy atom. The Balaban J connectivity index is 1.82. The molecule has 2 aliphatic carbocycles. The molecule has 2 unspecified atom stereocenters. The highest BCUT2D eigenvalue weighted by atomic mass is 16.5. The van der Waals surface area contributed by atoms with Crippen LogP contribution in [0.1, 0.15) is 50.3 Å². The molecule has 3 heteroatoms. The number of methoxy groups -OCH3 is 1. The normalized spacial score (nSPS) is 25.2. The summed E-state index contributed by atoms with van der Waals surface area (Å²) in [6, 6.07) is 7.08. The van der Waals surface area contributed by atoms with E-state index in [4.69, 9.17) is 4.74 Å².